The minimum atomic E-state index is -0.178. The molecule has 0 heterocycles. The van der Waals surface area contributed by atoms with Crippen molar-refractivity contribution in [3.05, 3.63) is 71.0 Å². The molecular weight excluding hydrogens is 271 g/mol. The van der Waals surface area contributed by atoms with Crippen LogP contribution in [0, 0.1) is 11.7 Å². The van der Waals surface area contributed by atoms with Gasteiger partial charge in [0, 0.05) is 0 Å². The Morgan fingerprint density at radius 1 is 1.05 bits per heavy atom. The summed E-state index contributed by atoms with van der Waals surface area (Å²) in [6, 6.07) is 15.3. The van der Waals surface area contributed by atoms with Crippen molar-refractivity contribution < 1.29 is 4.39 Å². The fourth-order valence-electron chi connectivity index (χ4n) is 3.11. The highest BCUT2D eigenvalue weighted by atomic mass is 35.5. The number of aryl methyl sites for hydroxylation is 1. The lowest BCUT2D eigenvalue weighted by Gasteiger charge is -2.21. The molecule has 0 saturated heterocycles. The summed E-state index contributed by atoms with van der Waals surface area (Å²) in [4.78, 5) is 0. The maximum absolute atomic E-state index is 13.0. The number of benzene rings is 2. The largest absolute Gasteiger partial charge is 0.207 e. The van der Waals surface area contributed by atoms with E-state index in [9.17, 15) is 4.39 Å². The Morgan fingerprint density at radius 3 is 2.60 bits per heavy atom. The fourth-order valence-corrected chi connectivity index (χ4v) is 3.54. The van der Waals surface area contributed by atoms with Gasteiger partial charge in [-0.3, -0.25) is 0 Å². The van der Waals surface area contributed by atoms with Crippen LogP contribution in [0.3, 0.4) is 0 Å². The monoisotopic (exact) mass is 288 g/mol. The second-order valence-electron chi connectivity index (χ2n) is 5.58. The summed E-state index contributed by atoms with van der Waals surface area (Å²) < 4.78 is 13.0. The van der Waals surface area contributed by atoms with Crippen LogP contribution in [0.15, 0.2) is 48.5 Å². The van der Waals surface area contributed by atoms with E-state index in [4.69, 9.17) is 11.6 Å². The Kier molecular flexibility index (Phi) is 4.07. The molecule has 104 valence electrons. The Labute approximate surface area is 124 Å². The van der Waals surface area contributed by atoms with Crippen molar-refractivity contribution in [1.82, 2.24) is 0 Å². The van der Waals surface area contributed by atoms with Gasteiger partial charge in [-0.2, -0.15) is 0 Å². The minimum Gasteiger partial charge on any atom is -0.207 e. The first-order chi connectivity index (χ1) is 9.74. The second-order valence-corrected chi connectivity index (χ2v) is 6.05. The van der Waals surface area contributed by atoms with Crippen LogP contribution in [-0.2, 0) is 12.8 Å². The molecule has 3 rings (SSSR count). The van der Waals surface area contributed by atoms with Crippen LogP contribution in [0.25, 0.3) is 0 Å². The summed E-state index contributed by atoms with van der Waals surface area (Å²) in [6.07, 6.45) is 4.33. The van der Waals surface area contributed by atoms with E-state index in [1.165, 1.54) is 35.2 Å². The van der Waals surface area contributed by atoms with Gasteiger partial charge in [-0.25, -0.2) is 4.39 Å². The molecule has 0 amide bonds. The van der Waals surface area contributed by atoms with E-state index < -0.39 is 0 Å². The molecule has 2 atom stereocenters. The van der Waals surface area contributed by atoms with Gasteiger partial charge in [-0.05, 0) is 60.4 Å². The highest BCUT2D eigenvalue weighted by Gasteiger charge is 2.25. The molecule has 0 fully saturated rings. The SMILES string of the molecule is Fc1ccc(CC2CCCc3ccccc3C2Cl)cc1. The lowest BCUT2D eigenvalue weighted by Crippen LogP contribution is -2.10. The van der Waals surface area contributed by atoms with Crippen molar-refractivity contribution in [2.24, 2.45) is 5.92 Å². The quantitative estimate of drug-likeness (QED) is 0.519. The number of hydrogen-bond acceptors (Lipinski definition) is 0. The summed E-state index contributed by atoms with van der Waals surface area (Å²) in [5.41, 5.74) is 3.83. The van der Waals surface area contributed by atoms with Crippen LogP contribution >= 0.6 is 11.6 Å². The topological polar surface area (TPSA) is 0 Å². The Hall–Kier alpha value is -1.34. The average Bonchev–Trinajstić information content (AvgIpc) is 2.62. The normalized spacial score (nSPS) is 22.1. The van der Waals surface area contributed by atoms with Gasteiger partial charge in [0.05, 0.1) is 5.38 Å². The Morgan fingerprint density at radius 2 is 1.80 bits per heavy atom. The molecule has 0 radical (unpaired) electrons. The van der Waals surface area contributed by atoms with Crippen LogP contribution < -0.4 is 0 Å². The van der Waals surface area contributed by atoms with E-state index >= 15 is 0 Å². The highest BCUT2D eigenvalue weighted by Crippen LogP contribution is 2.39. The van der Waals surface area contributed by atoms with Crippen molar-refractivity contribution in [3.8, 4) is 0 Å². The first-order valence-electron chi connectivity index (χ1n) is 7.20. The first-order valence-corrected chi connectivity index (χ1v) is 7.64. The van der Waals surface area contributed by atoms with E-state index in [0.717, 1.165) is 19.3 Å². The van der Waals surface area contributed by atoms with Crippen LogP contribution in [-0.4, -0.2) is 0 Å². The summed E-state index contributed by atoms with van der Waals surface area (Å²) >= 11 is 6.72. The molecule has 1 aliphatic carbocycles. The van der Waals surface area contributed by atoms with Gasteiger partial charge in [-0.15, -0.1) is 11.6 Å². The van der Waals surface area contributed by atoms with E-state index in [1.807, 2.05) is 12.1 Å². The Bertz CT molecular complexity index is 576. The molecule has 1 aliphatic rings. The van der Waals surface area contributed by atoms with Crippen LogP contribution in [0.2, 0.25) is 0 Å². The average molecular weight is 289 g/mol. The number of fused-ring (bicyclic) bond motifs is 1. The number of hydrogen-bond donors (Lipinski definition) is 0. The van der Waals surface area contributed by atoms with Crippen LogP contribution in [0.4, 0.5) is 4.39 Å². The summed E-state index contributed by atoms with van der Waals surface area (Å²) in [7, 11) is 0. The van der Waals surface area contributed by atoms with Gasteiger partial charge < -0.3 is 0 Å². The molecule has 0 saturated carbocycles. The van der Waals surface area contributed by atoms with E-state index in [0.29, 0.717) is 5.92 Å². The fraction of sp³-hybridized carbons (Fsp3) is 0.333. The molecule has 0 bridgehead atoms. The van der Waals surface area contributed by atoms with Gasteiger partial charge >= 0.3 is 0 Å². The molecule has 2 unspecified atom stereocenters. The Balaban J connectivity index is 1.82. The predicted octanol–water partition coefficient (Wildman–Crippen LogP) is 5.30. The van der Waals surface area contributed by atoms with Crippen molar-refractivity contribution >= 4 is 11.6 Å². The molecule has 0 spiro atoms. The molecule has 0 aliphatic heterocycles. The summed E-state index contributed by atoms with van der Waals surface area (Å²) in [5.74, 6) is 0.244. The van der Waals surface area contributed by atoms with Crippen LogP contribution in [0.1, 0.15) is 34.9 Å². The van der Waals surface area contributed by atoms with E-state index in [-0.39, 0.29) is 11.2 Å². The smallest absolute Gasteiger partial charge is 0.123 e. The number of rotatable bonds is 2. The summed E-state index contributed by atoms with van der Waals surface area (Å²) in [5, 5.41) is 0.0544. The van der Waals surface area contributed by atoms with Gasteiger partial charge in [-0.1, -0.05) is 36.4 Å². The first kappa shape index (κ1) is 13.6. The van der Waals surface area contributed by atoms with Crippen molar-refractivity contribution in [2.45, 2.75) is 31.1 Å². The van der Waals surface area contributed by atoms with Crippen molar-refractivity contribution in [3.63, 3.8) is 0 Å². The maximum atomic E-state index is 13.0. The molecule has 2 aromatic carbocycles. The van der Waals surface area contributed by atoms with E-state index in [2.05, 4.69) is 24.3 Å². The third kappa shape index (κ3) is 2.88. The lowest BCUT2D eigenvalue weighted by molar-refractivity contribution is 0.465. The maximum Gasteiger partial charge on any atom is 0.123 e. The molecule has 2 heteroatoms. The second kappa shape index (κ2) is 5.97. The number of alkyl halides is 1. The van der Waals surface area contributed by atoms with E-state index in [1.54, 1.807) is 0 Å². The molecular formula is C18H18ClF. The molecule has 0 nitrogen and oxygen atoms in total. The van der Waals surface area contributed by atoms with Gasteiger partial charge in [0.15, 0.2) is 0 Å². The highest BCUT2D eigenvalue weighted by molar-refractivity contribution is 6.21. The summed E-state index contributed by atoms with van der Waals surface area (Å²) in [6.45, 7) is 0. The van der Waals surface area contributed by atoms with Gasteiger partial charge in [0.1, 0.15) is 5.82 Å². The zero-order valence-electron chi connectivity index (χ0n) is 11.4. The molecule has 2 aromatic rings. The number of halogens is 2. The van der Waals surface area contributed by atoms with Crippen LogP contribution in [0.5, 0.6) is 0 Å². The standard InChI is InChI=1S/C18H18ClF/c19-18-15(12-13-8-10-16(20)11-9-13)6-3-5-14-4-1-2-7-17(14)18/h1-2,4,7-11,15,18H,3,5-6,12H2. The third-order valence-corrected chi connectivity index (χ3v) is 4.79. The van der Waals surface area contributed by atoms with Gasteiger partial charge in [0.25, 0.3) is 0 Å². The lowest BCUT2D eigenvalue weighted by atomic mass is 9.90. The predicted molar refractivity (Wildman–Crippen MR) is 81.6 cm³/mol. The zero-order chi connectivity index (χ0) is 13.9. The minimum absolute atomic E-state index is 0.0544. The van der Waals surface area contributed by atoms with Gasteiger partial charge in [0.2, 0.25) is 0 Å². The molecule has 0 N–H and O–H groups in total. The third-order valence-electron chi connectivity index (χ3n) is 4.20. The zero-order valence-corrected chi connectivity index (χ0v) is 12.1. The molecule has 0 aromatic heterocycles. The van der Waals surface area contributed by atoms with Crippen molar-refractivity contribution in [1.29, 1.82) is 0 Å². The molecule has 20 heavy (non-hydrogen) atoms. The van der Waals surface area contributed by atoms with Crippen molar-refractivity contribution in [2.75, 3.05) is 0 Å².